The molecule has 154 valence electrons. The van der Waals surface area contributed by atoms with Gasteiger partial charge in [-0.2, -0.15) is 0 Å². The summed E-state index contributed by atoms with van der Waals surface area (Å²) in [5.74, 6) is 2.57. The normalized spacial score (nSPS) is 35.8. The molecule has 0 aromatic heterocycles. The molecule has 3 heteroatoms. The van der Waals surface area contributed by atoms with E-state index in [1.54, 1.807) is 7.11 Å². The molecule has 0 heterocycles. The highest BCUT2D eigenvalue weighted by Crippen LogP contribution is 2.60. The lowest BCUT2D eigenvalue weighted by atomic mass is 9.49. The second-order valence-electron chi connectivity index (χ2n) is 9.66. The van der Waals surface area contributed by atoms with Gasteiger partial charge >= 0.3 is 0 Å². The molecular weight excluding hydrogens is 361 g/mol. The molecule has 0 unspecified atom stereocenters. The van der Waals surface area contributed by atoms with Crippen molar-refractivity contribution >= 4 is 5.69 Å². The smallest absolute Gasteiger partial charge is 0.119 e. The van der Waals surface area contributed by atoms with E-state index in [2.05, 4.69) is 54.7 Å². The fourth-order valence-corrected chi connectivity index (χ4v) is 6.77. The number of para-hydroxylation sites is 1. The standard InChI is InChI=1S/C26H32FNO/c1-26-13-12-22-21-11-9-20(29-2)14-17(21)8-10-23(22)24(26)15-18(27)16-25(26)28-19-6-4-3-5-7-19/h3-7,9,11,14,18,22-25,28H,8,10,12-13,15-16H2,1-2H3/t18-,22+,23+,24-,25-,26-/m0/s1. The zero-order valence-corrected chi connectivity index (χ0v) is 17.5. The minimum absolute atomic E-state index is 0.156. The van der Waals surface area contributed by atoms with Crippen LogP contribution in [-0.2, 0) is 6.42 Å². The maximum absolute atomic E-state index is 15.0. The second kappa shape index (κ2) is 7.34. The van der Waals surface area contributed by atoms with E-state index >= 15 is 0 Å². The summed E-state index contributed by atoms with van der Waals surface area (Å²) in [5, 5.41) is 3.72. The van der Waals surface area contributed by atoms with Gasteiger partial charge in [0.2, 0.25) is 0 Å². The minimum Gasteiger partial charge on any atom is -0.497 e. The SMILES string of the molecule is COc1ccc2c(c1)CC[C@@H]1[C@@H]2CC[C@]2(C)[C@@H](Nc3ccccc3)C[C@@H](F)C[C@@H]12. The summed E-state index contributed by atoms with van der Waals surface area (Å²) < 4.78 is 20.4. The van der Waals surface area contributed by atoms with E-state index in [-0.39, 0.29) is 11.5 Å². The molecule has 2 fully saturated rings. The summed E-state index contributed by atoms with van der Waals surface area (Å²) in [6.45, 7) is 2.43. The van der Waals surface area contributed by atoms with Gasteiger partial charge in [-0.25, -0.2) is 4.39 Å². The predicted octanol–water partition coefficient (Wildman–Crippen LogP) is 6.37. The van der Waals surface area contributed by atoms with Crippen LogP contribution in [0.3, 0.4) is 0 Å². The van der Waals surface area contributed by atoms with Crippen molar-refractivity contribution in [2.24, 2.45) is 17.3 Å². The average Bonchev–Trinajstić information content (AvgIpc) is 2.74. The van der Waals surface area contributed by atoms with Gasteiger partial charge in [-0.15, -0.1) is 0 Å². The van der Waals surface area contributed by atoms with E-state index in [0.717, 1.165) is 24.3 Å². The van der Waals surface area contributed by atoms with E-state index in [0.29, 0.717) is 24.2 Å². The molecule has 0 spiro atoms. The van der Waals surface area contributed by atoms with Crippen molar-refractivity contribution in [1.29, 1.82) is 0 Å². The Morgan fingerprint density at radius 2 is 1.90 bits per heavy atom. The van der Waals surface area contributed by atoms with E-state index in [1.165, 1.54) is 30.4 Å². The van der Waals surface area contributed by atoms with Crippen LogP contribution < -0.4 is 10.1 Å². The number of benzene rings is 2. The van der Waals surface area contributed by atoms with Gasteiger partial charge in [-0.05, 0) is 97.1 Å². The molecule has 0 saturated heterocycles. The zero-order valence-electron chi connectivity index (χ0n) is 17.5. The maximum Gasteiger partial charge on any atom is 0.119 e. The van der Waals surface area contributed by atoms with E-state index in [4.69, 9.17) is 4.74 Å². The Kier molecular flexibility index (Phi) is 4.80. The monoisotopic (exact) mass is 393 g/mol. The molecule has 3 aliphatic carbocycles. The van der Waals surface area contributed by atoms with Crippen molar-refractivity contribution in [2.45, 2.75) is 63.6 Å². The first-order chi connectivity index (χ1) is 14.1. The van der Waals surface area contributed by atoms with Crippen molar-refractivity contribution in [2.75, 3.05) is 12.4 Å². The molecule has 0 amide bonds. The molecule has 2 nitrogen and oxygen atoms in total. The fourth-order valence-electron chi connectivity index (χ4n) is 6.77. The molecule has 0 bridgehead atoms. The summed E-state index contributed by atoms with van der Waals surface area (Å²) in [6.07, 6.45) is 5.31. The first kappa shape index (κ1) is 19.0. The number of methoxy groups -OCH3 is 1. The Hall–Kier alpha value is -2.03. The van der Waals surface area contributed by atoms with Crippen LogP contribution in [0, 0.1) is 17.3 Å². The minimum atomic E-state index is -0.703. The Morgan fingerprint density at radius 3 is 2.69 bits per heavy atom. The summed E-state index contributed by atoms with van der Waals surface area (Å²) in [4.78, 5) is 0. The topological polar surface area (TPSA) is 21.3 Å². The molecule has 5 rings (SSSR count). The van der Waals surface area contributed by atoms with E-state index in [9.17, 15) is 4.39 Å². The predicted molar refractivity (Wildman–Crippen MR) is 116 cm³/mol. The maximum atomic E-state index is 15.0. The quantitative estimate of drug-likeness (QED) is 0.654. The van der Waals surface area contributed by atoms with Gasteiger partial charge in [0.1, 0.15) is 11.9 Å². The molecule has 0 radical (unpaired) electrons. The molecule has 1 N–H and O–H groups in total. The van der Waals surface area contributed by atoms with Crippen molar-refractivity contribution in [1.82, 2.24) is 0 Å². The number of hydrogen-bond acceptors (Lipinski definition) is 2. The molecule has 6 atom stereocenters. The molecule has 29 heavy (non-hydrogen) atoms. The molecular formula is C26H32FNO. The highest BCUT2D eigenvalue weighted by Gasteiger charge is 2.54. The van der Waals surface area contributed by atoms with Crippen LogP contribution in [0.15, 0.2) is 48.5 Å². The van der Waals surface area contributed by atoms with Crippen LogP contribution in [0.25, 0.3) is 0 Å². The Balaban J connectivity index is 1.44. The first-order valence-electron chi connectivity index (χ1n) is 11.2. The fraction of sp³-hybridized carbons (Fsp3) is 0.538. The Morgan fingerprint density at radius 1 is 1.07 bits per heavy atom. The number of fused-ring (bicyclic) bond motifs is 5. The van der Waals surface area contributed by atoms with Crippen molar-refractivity contribution < 1.29 is 9.13 Å². The third-order valence-corrected chi connectivity index (χ3v) is 8.28. The van der Waals surface area contributed by atoms with Crippen LogP contribution >= 0.6 is 0 Å². The van der Waals surface area contributed by atoms with E-state index in [1.807, 2.05) is 6.07 Å². The molecule has 0 aliphatic heterocycles. The molecule has 2 aromatic carbocycles. The number of aryl methyl sites for hydroxylation is 1. The number of halogens is 1. The highest BCUT2D eigenvalue weighted by atomic mass is 19.1. The largest absolute Gasteiger partial charge is 0.497 e. The summed E-state index contributed by atoms with van der Waals surface area (Å²) >= 11 is 0. The number of nitrogens with one attached hydrogen (secondary N) is 1. The third-order valence-electron chi connectivity index (χ3n) is 8.28. The average molecular weight is 394 g/mol. The van der Waals surface area contributed by atoms with Crippen molar-refractivity contribution in [3.05, 3.63) is 59.7 Å². The molecule has 2 aromatic rings. The first-order valence-corrected chi connectivity index (χ1v) is 11.2. The zero-order chi connectivity index (χ0) is 20.0. The van der Waals surface area contributed by atoms with E-state index < -0.39 is 6.17 Å². The van der Waals surface area contributed by atoms with Crippen LogP contribution in [0.5, 0.6) is 5.75 Å². The summed E-state index contributed by atoms with van der Waals surface area (Å²) in [5.41, 5.74) is 4.22. The van der Waals surface area contributed by atoms with Gasteiger partial charge in [0.25, 0.3) is 0 Å². The Bertz CT molecular complexity index is 868. The van der Waals surface area contributed by atoms with Crippen LogP contribution in [0.1, 0.15) is 56.1 Å². The Labute approximate surface area is 173 Å². The van der Waals surface area contributed by atoms with Gasteiger partial charge in [0.05, 0.1) is 7.11 Å². The van der Waals surface area contributed by atoms with Crippen molar-refractivity contribution in [3.8, 4) is 5.75 Å². The number of ether oxygens (including phenoxy) is 1. The van der Waals surface area contributed by atoms with Gasteiger partial charge in [-0.1, -0.05) is 31.2 Å². The lowest BCUT2D eigenvalue weighted by molar-refractivity contribution is -0.0400. The van der Waals surface area contributed by atoms with Crippen LogP contribution in [0.4, 0.5) is 10.1 Å². The lowest BCUT2D eigenvalue weighted by Gasteiger charge is -2.58. The number of anilines is 1. The van der Waals surface area contributed by atoms with Crippen LogP contribution in [-0.4, -0.2) is 19.3 Å². The molecule has 3 aliphatic rings. The van der Waals surface area contributed by atoms with Gasteiger partial charge in [0, 0.05) is 11.7 Å². The number of hydrogen-bond donors (Lipinski definition) is 1. The number of alkyl halides is 1. The second-order valence-corrected chi connectivity index (χ2v) is 9.66. The summed E-state index contributed by atoms with van der Waals surface area (Å²) in [7, 11) is 1.74. The van der Waals surface area contributed by atoms with Gasteiger partial charge in [-0.3, -0.25) is 0 Å². The summed E-state index contributed by atoms with van der Waals surface area (Å²) in [6, 6.07) is 17.2. The molecule has 2 saturated carbocycles. The lowest BCUT2D eigenvalue weighted by Crippen LogP contribution is -2.55. The van der Waals surface area contributed by atoms with Gasteiger partial charge < -0.3 is 10.1 Å². The van der Waals surface area contributed by atoms with Crippen LogP contribution in [0.2, 0.25) is 0 Å². The van der Waals surface area contributed by atoms with Gasteiger partial charge in [0.15, 0.2) is 0 Å². The highest BCUT2D eigenvalue weighted by molar-refractivity contribution is 5.45. The number of rotatable bonds is 3. The van der Waals surface area contributed by atoms with Crippen molar-refractivity contribution in [3.63, 3.8) is 0 Å². The third kappa shape index (κ3) is 3.23.